The molecule has 0 radical (unpaired) electrons. The minimum Gasteiger partial charge on any atom is -0.444 e. The molecule has 0 spiro atoms. The summed E-state index contributed by atoms with van der Waals surface area (Å²) in [7, 11) is 0. The first-order valence-electron chi connectivity index (χ1n) is 15.7. The van der Waals surface area contributed by atoms with Crippen LogP contribution in [-0.2, 0) is 22.6 Å². The van der Waals surface area contributed by atoms with E-state index in [1.165, 1.54) is 17.3 Å². The first-order chi connectivity index (χ1) is 23.0. The van der Waals surface area contributed by atoms with E-state index >= 15 is 0 Å². The van der Waals surface area contributed by atoms with Crippen LogP contribution in [0, 0.1) is 6.92 Å². The van der Waals surface area contributed by atoms with Crippen LogP contribution < -0.4 is 15.4 Å². The summed E-state index contributed by atoms with van der Waals surface area (Å²) in [6, 6.07) is 25.5. The zero-order valence-electron chi connectivity index (χ0n) is 26.5. The van der Waals surface area contributed by atoms with Gasteiger partial charge in [-0.3, -0.25) is 19.2 Å². The zero-order valence-corrected chi connectivity index (χ0v) is 27.3. The third-order valence-corrected chi connectivity index (χ3v) is 9.19. The Labute approximate surface area is 277 Å². The van der Waals surface area contributed by atoms with Gasteiger partial charge in [0, 0.05) is 44.3 Å². The molecule has 10 nitrogen and oxygen atoms in total. The number of aromatic nitrogens is 3. The highest BCUT2D eigenvalue weighted by Gasteiger charge is 2.32. The number of hydrogen-bond acceptors (Lipinski definition) is 9. The summed E-state index contributed by atoms with van der Waals surface area (Å²) in [6.45, 7) is 7.02. The second-order valence-electron chi connectivity index (χ2n) is 11.6. The van der Waals surface area contributed by atoms with Gasteiger partial charge >= 0.3 is 6.09 Å². The number of benzene rings is 3. The molecule has 0 bridgehead atoms. The Hall–Kier alpha value is -4.71. The van der Waals surface area contributed by atoms with Crippen molar-refractivity contribution >= 4 is 46.0 Å². The Kier molecular flexibility index (Phi) is 8.92. The topological polar surface area (TPSA) is 93.0 Å². The number of pyridine rings is 1. The fourth-order valence-corrected chi connectivity index (χ4v) is 6.58. The number of fused-ring (bicyclic) bond motifs is 2. The van der Waals surface area contributed by atoms with E-state index in [0.29, 0.717) is 29.6 Å². The average Bonchev–Trinajstić information content (AvgIpc) is 3.11. The molecule has 0 aliphatic carbocycles. The predicted octanol–water partition coefficient (Wildman–Crippen LogP) is 5.94. The Balaban J connectivity index is 1.26. The SMILES string of the molecule is CSc1ncc2cc(N3CCN(C(=O)OCc4ccccc4)c4c(C)cccc43)c(=O)n(-c3ccc(CN4CCOCC4)cc3)c2n1. The molecule has 11 heteroatoms. The number of aryl methyl sites for hydroxylation is 1. The van der Waals surface area contributed by atoms with Crippen molar-refractivity contribution in [1.82, 2.24) is 19.4 Å². The van der Waals surface area contributed by atoms with Gasteiger partial charge in [0.05, 0.1) is 30.3 Å². The van der Waals surface area contributed by atoms with Crippen LogP contribution in [0.2, 0.25) is 0 Å². The van der Waals surface area contributed by atoms with Gasteiger partial charge in [0.2, 0.25) is 0 Å². The maximum absolute atomic E-state index is 14.6. The molecule has 1 fully saturated rings. The van der Waals surface area contributed by atoms with Crippen LogP contribution in [0.1, 0.15) is 16.7 Å². The highest BCUT2D eigenvalue weighted by molar-refractivity contribution is 7.98. The van der Waals surface area contributed by atoms with Crippen LogP contribution >= 0.6 is 11.8 Å². The van der Waals surface area contributed by atoms with Crippen molar-refractivity contribution in [3.8, 4) is 5.69 Å². The lowest BCUT2D eigenvalue weighted by Crippen LogP contribution is -2.44. The largest absolute Gasteiger partial charge is 0.444 e. The quantitative estimate of drug-likeness (QED) is 0.157. The van der Waals surface area contributed by atoms with Crippen molar-refractivity contribution in [3.05, 3.63) is 112 Å². The number of hydrogen-bond donors (Lipinski definition) is 0. The summed E-state index contributed by atoms with van der Waals surface area (Å²) in [6.07, 6.45) is 3.27. The first kappa shape index (κ1) is 30.9. The van der Waals surface area contributed by atoms with Crippen LogP contribution in [0.25, 0.3) is 16.7 Å². The summed E-state index contributed by atoms with van der Waals surface area (Å²) in [5, 5.41) is 1.33. The van der Waals surface area contributed by atoms with Crippen molar-refractivity contribution in [3.63, 3.8) is 0 Å². The molecule has 240 valence electrons. The molecule has 1 saturated heterocycles. The standard InChI is InChI=1S/C36H36N6O4S/c1-25-7-6-10-30-32(25)41(36(44)46-24-27-8-4-3-5-9-27)16-15-40(30)31-21-28-22-37-35(47-2)38-33(28)42(34(31)43)29-13-11-26(12-14-29)23-39-17-19-45-20-18-39/h3-14,21-22H,15-20,23-24H2,1-2H3. The number of para-hydroxylation sites is 1. The molecule has 2 aliphatic rings. The second kappa shape index (κ2) is 13.6. The maximum Gasteiger partial charge on any atom is 0.414 e. The Bertz CT molecular complexity index is 1960. The van der Waals surface area contributed by atoms with Crippen LogP contribution in [0.4, 0.5) is 21.9 Å². The van der Waals surface area contributed by atoms with Crippen molar-refractivity contribution in [2.24, 2.45) is 0 Å². The maximum atomic E-state index is 14.6. The lowest BCUT2D eigenvalue weighted by molar-refractivity contribution is 0.0342. The molecule has 3 aromatic carbocycles. The van der Waals surface area contributed by atoms with E-state index in [9.17, 15) is 9.59 Å². The summed E-state index contributed by atoms with van der Waals surface area (Å²) in [5.41, 5.74) is 6.05. The first-order valence-corrected chi connectivity index (χ1v) is 16.9. The molecule has 7 rings (SSSR count). The third-order valence-electron chi connectivity index (χ3n) is 8.63. The van der Waals surface area contributed by atoms with Gasteiger partial charge in [-0.25, -0.2) is 14.8 Å². The van der Waals surface area contributed by atoms with E-state index in [1.54, 1.807) is 15.7 Å². The highest BCUT2D eigenvalue weighted by atomic mass is 32.2. The van der Waals surface area contributed by atoms with E-state index < -0.39 is 6.09 Å². The number of ether oxygens (including phenoxy) is 2. The second-order valence-corrected chi connectivity index (χ2v) is 12.4. The van der Waals surface area contributed by atoms with Crippen molar-refractivity contribution < 1.29 is 14.3 Å². The molecule has 0 atom stereocenters. The Morgan fingerprint density at radius 2 is 1.70 bits per heavy atom. The lowest BCUT2D eigenvalue weighted by atomic mass is 10.1. The van der Waals surface area contributed by atoms with Gasteiger partial charge in [-0.15, -0.1) is 0 Å². The van der Waals surface area contributed by atoms with E-state index in [2.05, 4.69) is 22.0 Å². The number of anilines is 3. The molecule has 2 aromatic heterocycles. The number of thioether (sulfide) groups is 1. The van der Waals surface area contributed by atoms with Crippen LogP contribution in [-0.4, -0.2) is 71.2 Å². The number of carbonyl (C=O) groups excluding carboxylic acids is 1. The molecule has 0 saturated carbocycles. The van der Waals surface area contributed by atoms with Crippen molar-refractivity contribution in [2.75, 3.05) is 55.4 Å². The van der Waals surface area contributed by atoms with Crippen LogP contribution in [0.15, 0.2) is 95.0 Å². The normalized spacial score (nSPS) is 15.1. The van der Waals surface area contributed by atoms with Gasteiger partial charge in [0.1, 0.15) is 12.3 Å². The fourth-order valence-electron chi connectivity index (χ4n) is 6.24. The summed E-state index contributed by atoms with van der Waals surface area (Å²) in [4.78, 5) is 43.3. The van der Waals surface area contributed by atoms with E-state index in [0.717, 1.165) is 66.4 Å². The third kappa shape index (κ3) is 6.34. The Morgan fingerprint density at radius 3 is 2.47 bits per heavy atom. The molecule has 47 heavy (non-hydrogen) atoms. The number of rotatable bonds is 7. The number of amides is 1. The van der Waals surface area contributed by atoms with E-state index in [1.807, 2.05) is 84.8 Å². The average molecular weight is 649 g/mol. The van der Waals surface area contributed by atoms with E-state index in [-0.39, 0.29) is 12.2 Å². The van der Waals surface area contributed by atoms with Crippen molar-refractivity contribution in [1.29, 1.82) is 0 Å². The predicted molar refractivity (Wildman–Crippen MR) is 185 cm³/mol. The summed E-state index contributed by atoms with van der Waals surface area (Å²) >= 11 is 1.43. The van der Waals surface area contributed by atoms with Crippen molar-refractivity contribution in [2.45, 2.75) is 25.2 Å². The Morgan fingerprint density at radius 1 is 0.915 bits per heavy atom. The molecule has 5 aromatic rings. The van der Waals surface area contributed by atoms with Gasteiger partial charge in [-0.05, 0) is 54.1 Å². The smallest absolute Gasteiger partial charge is 0.414 e. The minimum atomic E-state index is -0.421. The summed E-state index contributed by atoms with van der Waals surface area (Å²) in [5.74, 6) is 0. The molecule has 1 amide bonds. The van der Waals surface area contributed by atoms with Gasteiger partial charge < -0.3 is 14.4 Å². The monoisotopic (exact) mass is 648 g/mol. The van der Waals surface area contributed by atoms with Crippen LogP contribution in [0.5, 0.6) is 0 Å². The molecule has 4 heterocycles. The van der Waals surface area contributed by atoms with Gasteiger partial charge in [-0.2, -0.15) is 0 Å². The number of morpholine rings is 1. The molecular formula is C36H36N6O4S. The number of nitrogens with zero attached hydrogens (tertiary/aromatic N) is 6. The molecule has 2 aliphatic heterocycles. The van der Waals surface area contributed by atoms with Gasteiger partial charge in [0.15, 0.2) is 10.8 Å². The highest BCUT2D eigenvalue weighted by Crippen LogP contribution is 2.40. The zero-order chi connectivity index (χ0) is 32.3. The minimum absolute atomic E-state index is 0.180. The van der Waals surface area contributed by atoms with Gasteiger partial charge in [-0.1, -0.05) is 66.4 Å². The molecular weight excluding hydrogens is 613 g/mol. The lowest BCUT2D eigenvalue weighted by Gasteiger charge is -2.38. The molecule has 0 unspecified atom stereocenters. The van der Waals surface area contributed by atoms with Gasteiger partial charge in [0.25, 0.3) is 5.56 Å². The summed E-state index contributed by atoms with van der Waals surface area (Å²) < 4.78 is 12.9. The molecule has 0 N–H and O–H groups in total. The van der Waals surface area contributed by atoms with Crippen LogP contribution in [0.3, 0.4) is 0 Å². The number of carbonyl (C=O) groups is 1. The van der Waals surface area contributed by atoms with E-state index in [4.69, 9.17) is 14.5 Å². The fraction of sp³-hybridized carbons (Fsp3) is 0.278.